The zero-order valence-corrected chi connectivity index (χ0v) is 9.17. The van der Waals surface area contributed by atoms with Crippen LogP contribution in [0.3, 0.4) is 0 Å². The van der Waals surface area contributed by atoms with Crippen molar-refractivity contribution in [2.45, 2.75) is 18.0 Å². The summed E-state index contributed by atoms with van der Waals surface area (Å²) < 4.78 is 5.44. The quantitative estimate of drug-likeness (QED) is 0.338. The SMILES string of the molecule is Nc1cc(N)nc(SCOCC2CC2)n1. The topological polar surface area (TPSA) is 87.1 Å². The van der Waals surface area contributed by atoms with E-state index in [1.54, 1.807) is 0 Å². The normalized spacial score (nSPS) is 15.5. The van der Waals surface area contributed by atoms with Gasteiger partial charge in [0.1, 0.15) is 11.6 Å². The Labute approximate surface area is 92.6 Å². The van der Waals surface area contributed by atoms with E-state index in [4.69, 9.17) is 16.2 Å². The molecule has 6 heteroatoms. The van der Waals surface area contributed by atoms with Gasteiger partial charge < -0.3 is 16.2 Å². The lowest BCUT2D eigenvalue weighted by atomic mass is 10.5. The predicted octanol–water partition coefficient (Wildman–Crippen LogP) is 1.12. The Kier molecular flexibility index (Phi) is 3.27. The van der Waals surface area contributed by atoms with Gasteiger partial charge in [-0.05, 0) is 18.8 Å². The largest absolute Gasteiger partial charge is 0.383 e. The summed E-state index contributed by atoms with van der Waals surface area (Å²) in [5, 5.41) is 0.572. The molecule has 0 unspecified atom stereocenters. The number of nitrogens with two attached hydrogens (primary N) is 2. The number of thioether (sulfide) groups is 1. The summed E-state index contributed by atoms with van der Waals surface area (Å²) in [6.07, 6.45) is 2.60. The van der Waals surface area contributed by atoms with Crippen LogP contribution in [-0.4, -0.2) is 22.5 Å². The molecule has 15 heavy (non-hydrogen) atoms. The van der Waals surface area contributed by atoms with E-state index in [1.165, 1.54) is 30.7 Å². The summed E-state index contributed by atoms with van der Waals surface area (Å²) >= 11 is 1.41. The number of hydrogen-bond donors (Lipinski definition) is 2. The van der Waals surface area contributed by atoms with Crippen molar-refractivity contribution < 1.29 is 4.74 Å². The summed E-state index contributed by atoms with van der Waals surface area (Å²) in [5.41, 5.74) is 11.1. The fourth-order valence-corrected chi connectivity index (χ4v) is 1.75. The Balaban J connectivity index is 1.76. The molecule has 0 aliphatic heterocycles. The van der Waals surface area contributed by atoms with E-state index in [0.717, 1.165) is 12.5 Å². The van der Waals surface area contributed by atoms with Gasteiger partial charge in [-0.25, -0.2) is 9.97 Å². The molecular formula is C9H14N4OS. The van der Waals surface area contributed by atoms with Gasteiger partial charge in [-0.3, -0.25) is 0 Å². The molecule has 0 aromatic carbocycles. The number of rotatable bonds is 5. The Morgan fingerprint density at radius 1 is 1.33 bits per heavy atom. The fraction of sp³-hybridized carbons (Fsp3) is 0.556. The first-order valence-corrected chi connectivity index (χ1v) is 5.83. The van der Waals surface area contributed by atoms with E-state index in [1.807, 2.05) is 0 Å². The molecule has 0 atom stereocenters. The van der Waals surface area contributed by atoms with Crippen molar-refractivity contribution >= 4 is 23.4 Å². The van der Waals surface area contributed by atoms with Crippen molar-refractivity contribution in [3.63, 3.8) is 0 Å². The van der Waals surface area contributed by atoms with Crippen molar-refractivity contribution in [2.75, 3.05) is 24.0 Å². The fourth-order valence-electron chi connectivity index (χ4n) is 1.12. The first-order valence-electron chi connectivity index (χ1n) is 4.84. The lowest BCUT2D eigenvalue weighted by Gasteiger charge is -2.03. The zero-order chi connectivity index (χ0) is 10.7. The van der Waals surface area contributed by atoms with Gasteiger partial charge in [0, 0.05) is 6.07 Å². The second-order valence-corrected chi connectivity index (χ2v) is 4.47. The number of nitrogen functional groups attached to an aromatic ring is 2. The number of nitrogens with zero attached hydrogens (tertiary/aromatic N) is 2. The second kappa shape index (κ2) is 4.67. The average Bonchev–Trinajstić information content (AvgIpc) is 2.94. The molecule has 2 rings (SSSR count). The van der Waals surface area contributed by atoms with Crippen molar-refractivity contribution in [1.29, 1.82) is 0 Å². The van der Waals surface area contributed by atoms with Crippen LogP contribution in [0.5, 0.6) is 0 Å². The average molecular weight is 226 g/mol. The number of anilines is 2. The van der Waals surface area contributed by atoms with Gasteiger partial charge in [-0.2, -0.15) is 0 Å². The van der Waals surface area contributed by atoms with Gasteiger partial charge in [0.2, 0.25) is 0 Å². The summed E-state index contributed by atoms with van der Waals surface area (Å²) in [5.74, 6) is 2.12. The van der Waals surface area contributed by atoms with E-state index in [2.05, 4.69) is 9.97 Å². The second-order valence-electron chi connectivity index (χ2n) is 3.58. The minimum Gasteiger partial charge on any atom is -0.383 e. The zero-order valence-electron chi connectivity index (χ0n) is 8.35. The first kappa shape index (κ1) is 10.5. The third kappa shape index (κ3) is 3.56. The van der Waals surface area contributed by atoms with E-state index in [0.29, 0.717) is 22.7 Å². The summed E-state index contributed by atoms with van der Waals surface area (Å²) in [6.45, 7) is 0.838. The van der Waals surface area contributed by atoms with Crippen LogP contribution >= 0.6 is 11.8 Å². The van der Waals surface area contributed by atoms with Crippen LogP contribution in [0.1, 0.15) is 12.8 Å². The highest BCUT2D eigenvalue weighted by atomic mass is 32.2. The molecule has 0 amide bonds. The van der Waals surface area contributed by atoms with E-state index < -0.39 is 0 Å². The molecule has 1 heterocycles. The smallest absolute Gasteiger partial charge is 0.193 e. The van der Waals surface area contributed by atoms with E-state index in [-0.39, 0.29) is 0 Å². The number of aromatic nitrogens is 2. The highest BCUT2D eigenvalue weighted by Gasteiger charge is 2.21. The molecule has 1 aromatic rings. The monoisotopic (exact) mass is 226 g/mol. The van der Waals surface area contributed by atoms with Crippen LogP contribution in [0.4, 0.5) is 11.6 Å². The standard InChI is InChI=1S/C9H14N4OS/c10-7-3-8(11)13-9(12-7)15-5-14-4-6-1-2-6/h3,6H,1-2,4-5H2,(H4,10,11,12,13). The van der Waals surface area contributed by atoms with Crippen molar-refractivity contribution in [3.8, 4) is 0 Å². The maximum atomic E-state index is 5.54. The highest BCUT2D eigenvalue weighted by molar-refractivity contribution is 7.99. The molecule has 0 saturated heterocycles. The summed E-state index contributed by atoms with van der Waals surface area (Å²) in [6, 6.07) is 1.54. The molecule has 0 bridgehead atoms. The van der Waals surface area contributed by atoms with Crippen LogP contribution < -0.4 is 11.5 Å². The van der Waals surface area contributed by atoms with Gasteiger partial charge in [0.25, 0.3) is 0 Å². The van der Waals surface area contributed by atoms with Crippen molar-refractivity contribution in [2.24, 2.45) is 5.92 Å². The van der Waals surface area contributed by atoms with Crippen LogP contribution in [0.25, 0.3) is 0 Å². The minimum atomic E-state index is 0.396. The lowest BCUT2D eigenvalue weighted by Crippen LogP contribution is -2.01. The van der Waals surface area contributed by atoms with Crippen LogP contribution in [0.2, 0.25) is 0 Å². The Morgan fingerprint density at radius 3 is 2.60 bits per heavy atom. The van der Waals surface area contributed by atoms with Gasteiger partial charge in [0.05, 0.1) is 12.5 Å². The van der Waals surface area contributed by atoms with Crippen LogP contribution in [-0.2, 0) is 4.74 Å². The van der Waals surface area contributed by atoms with E-state index >= 15 is 0 Å². The Bertz CT molecular complexity index is 323. The van der Waals surface area contributed by atoms with E-state index in [9.17, 15) is 0 Å². The third-order valence-electron chi connectivity index (χ3n) is 2.07. The first-order chi connectivity index (χ1) is 7.24. The molecule has 0 radical (unpaired) electrons. The van der Waals surface area contributed by atoms with Gasteiger partial charge in [-0.15, -0.1) is 0 Å². The van der Waals surface area contributed by atoms with Crippen molar-refractivity contribution in [1.82, 2.24) is 9.97 Å². The minimum absolute atomic E-state index is 0.396. The molecule has 1 saturated carbocycles. The molecule has 0 spiro atoms. The van der Waals surface area contributed by atoms with Gasteiger partial charge in [0.15, 0.2) is 5.16 Å². The molecule has 5 nitrogen and oxygen atoms in total. The molecule has 1 aromatic heterocycles. The Hall–Kier alpha value is -1.01. The lowest BCUT2D eigenvalue weighted by molar-refractivity contribution is 0.171. The number of hydrogen-bond acceptors (Lipinski definition) is 6. The van der Waals surface area contributed by atoms with Gasteiger partial charge in [-0.1, -0.05) is 11.8 Å². The molecule has 4 N–H and O–H groups in total. The van der Waals surface area contributed by atoms with Crippen molar-refractivity contribution in [3.05, 3.63) is 6.07 Å². The summed E-state index contributed by atoms with van der Waals surface area (Å²) in [4.78, 5) is 8.07. The molecule has 82 valence electrons. The Morgan fingerprint density at radius 2 is 2.00 bits per heavy atom. The molecule has 1 aliphatic rings. The molecule has 1 aliphatic carbocycles. The van der Waals surface area contributed by atoms with Crippen LogP contribution in [0, 0.1) is 5.92 Å². The highest BCUT2D eigenvalue weighted by Crippen LogP contribution is 2.29. The van der Waals surface area contributed by atoms with Gasteiger partial charge >= 0.3 is 0 Å². The summed E-state index contributed by atoms with van der Waals surface area (Å²) in [7, 11) is 0. The maximum absolute atomic E-state index is 5.54. The maximum Gasteiger partial charge on any atom is 0.193 e. The number of ether oxygens (including phenoxy) is 1. The predicted molar refractivity (Wildman–Crippen MR) is 60.3 cm³/mol. The molecular weight excluding hydrogens is 212 g/mol. The van der Waals surface area contributed by atoms with Crippen LogP contribution in [0.15, 0.2) is 11.2 Å². The molecule has 1 fully saturated rings. The third-order valence-corrected chi connectivity index (χ3v) is 2.79.